The third-order valence-electron chi connectivity index (χ3n) is 3.73. The van der Waals surface area contributed by atoms with Crippen molar-refractivity contribution in [3.8, 4) is 0 Å². The number of carbonyl (C=O) groups is 1. The number of carbonyl (C=O) groups excluding carboxylic acids is 1. The SMILES string of the molecule is Nc1ccc(C(=O)N(CC2CCOC2)C2CC2)nc1. The van der Waals surface area contributed by atoms with Crippen molar-refractivity contribution in [2.45, 2.75) is 25.3 Å². The molecular formula is C14H19N3O2. The van der Waals surface area contributed by atoms with Crippen LogP contribution in [-0.2, 0) is 4.74 Å². The van der Waals surface area contributed by atoms with Gasteiger partial charge in [0.25, 0.3) is 5.91 Å². The first-order chi connectivity index (χ1) is 9.24. The molecule has 1 aromatic rings. The smallest absolute Gasteiger partial charge is 0.272 e. The highest BCUT2D eigenvalue weighted by Gasteiger charge is 2.35. The molecule has 0 radical (unpaired) electrons. The van der Waals surface area contributed by atoms with Gasteiger partial charge in [0.1, 0.15) is 5.69 Å². The fourth-order valence-corrected chi connectivity index (χ4v) is 2.47. The first-order valence-electron chi connectivity index (χ1n) is 6.84. The molecule has 1 aromatic heterocycles. The summed E-state index contributed by atoms with van der Waals surface area (Å²) in [7, 11) is 0. The molecule has 1 aliphatic heterocycles. The first-order valence-corrected chi connectivity index (χ1v) is 6.84. The van der Waals surface area contributed by atoms with E-state index in [1.807, 2.05) is 4.90 Å². The number of rotatable bonds is 4. The van der Waals surface area contributed by atoms with Gasteiger partial charge in [0.05, 0.1) is 18.5 Å². The molecule has 1 unspecified atom stereocenters. The summed E-state index contributed by atoms with van der Waals surface area (Å²) in [6.45, 7) is 2.37. The number of nitrogen functional groups attached to an aromatic ring is 1. The monoisotopic (exact) mass is 261 g/mol. The van der Waals surface area contributed by atoms with Gasteiger partial charge in [-0.3, -0.25) is 4.79 Å². The van der Waals surface area contributed by atoms with E-state index in [2.05, 4.69) is 4.98 Å². The summed E-state index contributed by atoms with van der Waals surface area (Å²) in [6, 6.07) is 3.83. The van der Waals surface area contributed by atoms with Crippen LogP contribution in [0.25, 0.3) is 0 Å². The standard InChI is InChI=1S/C14H19N3O2/c15-11-1-4-13(16-7-11)14(18)17(12-2-3-12)8-10-5-6-19-9-10/h1,4,7,10,12H,2-3,5-6,8-9,15H2. The van der Waals surface area contributed by atoms with E-state index in [0.29, 0.717) is 23.3 Å². The van der Waals surface area contributed by atoms with Crippen LogP contribution in [0.5, 0.6) is 0 Å². The Morgan fingerprint density at radius 1 is 1.42 bits per heavy atom. The van der Waals surface area contributed by atoms with Crippen LogP contribution in [0.1, 0.15) is 29.8 Å². The van der Waals surface area contributed by atoms with Crippen LogP contribution in [0.2, 0.25) is 0 Å². The Balaban J connectivity index is 1.71. The minimum absolute atomic E-state index is 0.0226. The maximum Gasteiger partial charge on any atom is 0.272 e. The van der Waals surface area contributed by atoms with E-state index in [4.69, 9.17) is 10.5 Å². The van der Waals surface area contributed by atoms with Crippen molar-refractivity contribution in [3.63, 3.8) is 0 Å². The topological polar surface area (TPSA) is 68.5 Å². The van der Waals surface area contributed by atoms with E-state index in [1.54, 1.807) is 12.1 Å². The third kappa shape index (κ3) is 2.87. The molecule has 1 atom stereocenters. The van der Waals surface area contributed by atoms with Crippen LogP contribution in [0.4, 0.5) is 5.69 Å². The predicted molar refractivity (Wildman–Crippen MR) is 71.6 cm³/mol. The van der Waals surface area contributed by atoms with Crippen LogP contribution >= 0.6 is 0 Å². The lowest BCUT2D eigenvalue weighted by molar-refractivity contribution is 0.0700. The number of anilines is 1. The highest BCUT2D eigenvalue weighted by Crippen LogP contribution is 2.30. The van der Waals surface area contributed by atoms with Crippen molar-refractivity contribution in [3.05, 3.63) is 24.0 Å². The molecule has 19 heavy (non-hydrogen) atoms. The van der Waals surface area contributed by atoms with Gasteiger partial charge in [-0.1, -0.05) is 0 Å². The zero-order chi connectivity index (χ0) is 13.2. The zero-order valence-electron chi connectivity index (χ0n) is 10.9. The summed E-state index contributed by atoms with van der Waals surface area (Å²) in [6.07, 6.45) is 4.80. The van der Waals surface area contributed by atoms with Gasteiger partial charge in [-0.2, -0.15) is 0 Å². The van der Waals surface area contributed by atoms with Crippen LogP contribution in [0.15, 0.2) is 18.3 Å². The predicted octanol–water partition coefficient (Wildman–Crippen LogP) is 1.30. The van der Waals surface area contributed by atoms with Gasteiger partial charge >= 0.3 is 0 Å². The number of ether oxygens (including phenoxy) is 1. The molecule has 1 amide bonds. The molecule has 2 heterocycles. The second kappa shape index (κ2) is 5.17. The van der Waals surface area contributed by atoms with Crippen molar-refractivity contribution in [1.29, 1.82) is 0 Å². The number of hydrogen-bond donors (Lipinski definition) is 1. The highest BCUT2D eigenvalue weighted by molar-refractivity contribution is 5.92. The lowest BCUT2D eigenvalue weighted by atomic mass is 10.1. The maximum atomic E-state index is 12.5. The minimum Gasteiger partial charge on any atom is -0.397 e. The molecule has 0 bridgehead atoms. The molecule has 3 rings (SSSR count). The highest BCUT2D eigenvalue weighted by atomic mass is 16.5. The van der Waals surface area contributed by atoms with Gasteiger partial charge in [-0.15, -0.1) is 0 Å². The maximum absolute atomic E-state index is 12.5. The molecule has 5 nitrogen and oxygen atoms in total. The van der Waals surface area contributed by atoms with Gasteiger partial charge in [-0.05, 0) is 31.4 Å². The van der Waals surface area contributed by atoms with Gasteiger partial charge in [-0.25, -0.2) is 4.98 Å². The number of nitrogens with zero attached hydrogens (tertiary/aromatic N) is 2. The molecular weight excluding hydrogens is 242 g/mol. The van der Waals surface area contributed by atoms with Crippen molar-refractivity contribution < 1.29 is 9.53 Å². The average molecular weight is 261 g/mol. The first kappa shape index (κ1) is 12.4. The summed E-state index contributed by atoms with van der Waals surface area (Å²) in [5, 5.41) is 0. The van der Waals surface area contributed by atoms with E-state index in [1.165, 1.54) is 6.20 Å². The van der Waals surface area contributed by atoms with E-state index >= 15 is 0 Å². The number of aromatic nitrogens is 1. The Bertz CT molecular complexity index is 450. The number of hydrogen-bond acceptors (Lipinski definition) is 4. The van der Waals surface area contributed by atoms with Gasteiger partial charge < -0.3 is 15.4 Å². The van der Waals surface area contributed by atoms with Crippen LogP contribution in [0, 0.1) is 5.92 Å². The molecule has 1 aliphatic carbocycles. The Kier molecular flexibility index (Phi) is 3.38. The summed E-state index contributed by atoms with van der Waals surface area (Å²) >= 11 is 0. The number of amides is 1. The fourth-order valence-electron chi connectivity index (χ4n) is 2.47. The number of nitrogens with two attached hydrogens (primary N) is 1. The van der Waals surface area contributed by atoms with E-state index < -0.39 is 0 Å². The van der Waals surface area contributed by atoms with Gasteiger partial charge in [0.15, 0.2) is 0 Å². The summed E-state index contributed by atoms with van der Waals surface area (Å²) < 4.78 is 5.39. The molecule has 0 spiro atoms. The Hall–Kier alpha value is -1.62. The van der Waals surface area contributed by atoms with Crippen molar-refractivity contribution in [1.82, 2.24) is 9.88 Å². The van der Waals surface area contributed by atoms with Crippen LogP contribution in [-0.4, -0.2) is 41.6 Å². The van der Waals surface area contributed by atoms with Crippen molar-refractivity contribution in [2.75, 3.05) is 25.5 Å². The molecule has 1 saturated heterocycles. The lowest BCUT2D eigenvalue weighted by Gasteiger charge is -2.24. The molecule has 2 aliphatic rings. The average Bonchev–Trinajstić information content (AvgIpc) is 3.13. The Morgan fingerprint density at radius 2 is 2.26 bits per heavy atom. The lowest BCUT2D eigenvalue weighted by Crippen LogP contribution is -2.37. The van der Waals surface area contributed by atoms with E-state index in [0.717, 1.165) is 39.0 Å². The third-order valence-corrected chi connectivity index (χ3v) is 3.73. The normalized spacial score (nSPS) is 22.4. The zero-order valence-corrected chi connectivity index (χ0v) is 10.9. The van der Waals surface area contributed by atoms with Crippen LogP contribution < -0.4 is 5.73 Å². The van der Waals surface area contributed by atoms with E-state index in [-0.39, 0.29) is 5.91 Å². The summed E-state index contributed by atoms with van der Waals surface area (Å²) in [5.74, 6) is 0.493. The minimum atomic E-state index is 0.0226. The molecule has 1 saturated carbocycles. The molecule has 2 N–H and O–H groups in total. The summed E-state index contributed by atoms with van der Waals surface area (Å²) in [5.41, 5.74) is 6.67. The largest absolute Gasteiger partial charge is 0.397 e. The molecule has 2 fully saturated rings. The Morgan fingerprint density at radius 3 is 2.84 bits per heavy atom. The molecule has 5 heteroatoms. The Labute approximate surface area is 112 Å². The fraction of sp³-hybridized carbons (Fsp3) is 0.571. The van der Waals surface area contributed by atoms with E-state index in [9.17, 15) is 4.79 Å². The second-order valence-corrected chi connectivity index (χ2v) is 5.40. The van der Waals surface area contributed by atoms with Gasteiger partial charge in [0, 0.05) is 25.1 Å². The van der Waals surface area contributed by atoms with Crippen LogP contribution in [0.3, 0.4) is 0 Å². The summed E-state index contributed by atoms with van der Waals surface area (Å²) in [4.78, 5) is 18.6. The molecule has 0 aromatic carbocycles. The second-order valence-electron chi connectivity index (χ2n) is 5.40. The molecule has 102 valence electrons. The quantitative estimate of drug-likeness (QED) is 0.887. The van der Waals surface area contributed by atoms with Crippen molar-refractivity contribution in [2.24, 2.45) is 5.92 Å². The number of pyridine rings is 1. The van der Waals surface area contributed by atoms with Gasteiger partial charge in [0.2, 0.25) is 0 Å². The van der Waals surface area contributed by atoms with Crippen molar-refractivity contribution >= 4 is 11.6 Å².